The fraction of sp³-hybridized carbons (Fsp3) is 0.542. The van der Waals surface area contributed by atoms with Crippen LogP contribution in [0, 0.1) is 18.8 Å². The van der Waals surface area contributed by atoms with Crippen molar-refractivity contribution in [3.05, 3.63) is 52.9 Å². The molecular weight excluding hydrogens is 442 g/mol. The first-order valence-electron chi connectivity index (χ1n) is 11.5. The van der Waals surface area contributed by atoms with Gasteiger partial charge >= 0.3 is 0 Å². The minimum Gasteiger partial charge on any atom is -0.355 e. The molecule has 0 aliphatic carbocycles. The Bertz CT molecular complexity index is 1010. The maximum atomic E-state index is 13.0. The van der Waals surface area contributed by atoms with Gasteiger partial charge in [-0.25, -0.2) is 8.42 Å². The zero-order valence-electron chi connectivity index (χ0n) is 18.7. The minimum atomic E-state index is -3.51. The molecule has 2 aromatic rings. The highest BCUT2D eigenvalue weighted by Gasteiger charge is 2.34. The monoisotopic (exact) mass is 475 g/mol. The van der Waals surface area contributed by atoms with Crippen LogP contribution in [0.1, 0.15) is 36.1 Å². The fourth-order valence-corrected chi connectivity index (χ4v) is 7.71. The van der Waals surface area contributed by atoms with Gasteiger partial charge < -0.3 is 5.32 Å². The van der Waals surface area contributed by atoms with Crippen LogP contribution in [0.2, 0.25) is 0 Å². The average molecular weight is 476 g/mol. The van der Waals surface area contributed by atoms with E-state index in [1.165, 1.54) is 21.2 Å². The molecule has 3 heterocycles. The molecule has 174 valence electrons. The van der Waals surface area contributed by atoms with E-state index in [4.69, 9.17) is 0 Å². The van der Waals surface area contributed by atoms with Crippen molar-refractivity contribution in [2.45, 2.75) is 43.4 Å². The number of carbonyl (C=O) groups excluding carboxylic acids is 1. The van der Waals surface area contributed by atoms with Crippen molar-refractivity contribution in [1.29, 1.82) is 0 Å². The van der Waals surface area contributed by atoms with Crippen molar-refractivity contribution >= 4 is 27.3 Å². The second-order valence-electron chi connectivity index (χ2n) is 9.04. The Morgan fingerprint density at radius 2 is 1.84 bits per heavy atom. The predicted molar refractivity (Wildman–Crippen MR) is 128 cm³/mol. The lowest BCUT2D eigenvalue weighted by Crippen LogP contribution is -2.47. The van der Waals surface area contributed by atoms with Crippen LogP contribution in [0.25, 0.3) is 0 Å². The van der Waals surface area contributed by atoms with Crippen LogP contribution in [0.5, 0.6) is 0 Å². The number of carbonyl (C=O) groups is 1. The first kappa shape index (κ1) is 23.4. The van der Waals surface area contributed by atoms with Gasteiger partial charge in [0.05, 0.1) is 5.92 Å². The molecule has 8 heteroatoms. The second kappa shape index (κ2) is 10.5. The van der Waals surface area contributed by atoms with E-state index in [1.807, 2.05) is 19.1 Å². The molecule has 0 radical (unpaired) electrons. The molecule has 4 rings (SSSR count). The van der Waals surface area contributed by atoms with E-state index in [0.717, 1.165) is 50.2 Å². The van der Waals surface area contributed by atoms with Crippen LogP contribution >= 0.6 is 11.3 Å². The van der Waals surface area contributed by atoms with Gasteiger partial charge in [-0.3, -0.25) is 9.69 Å². The van der Waals surface area contributed by atoms with Gasteiger partial charge in [0, 0.05) is 37.6 Å². The number of piperidine rings is 2. The molecule has 0 saturated carbocycles. The van der Waals surface area contributed by atoms with Gasteiger partial charge in [0.1, 0.15) is 4.21 Å². The van der Waals surface area contributed by atoms with Gasteiger partial charge in [-0.05, 0) is 62.8 Å². The maximum absolute atomic E-state index is 13.0. The molecule has 2 atom stereocenters. The maximum Gasteiger partial charge on any atom is 0.252 e. The lowest BCUT2D eigenvalue weighted by Gasteiger charge is -2.34. The Labute approximate surface area is 195 Å². The average Bonchev–Trinajstić information content (AvgIpc) is 3.26. The van der Waals surface area contributed by atoms with Crippen molar-refractivity contribution in [1.82, 2.24) is 14.5 Å². The molecule has 0 spiro atoms. The summed E-state index contributed by atoms with van der Waals surface area (Å²) >= 11 is 1.29. The lowest BCUT2D eigenvalue weighted by molar-refractivity contribution is -0.126. The van der Waals surface area contributed by atoms with Crippen LogP contribution in [-0.4, -0.2) is 56.3 Å². The predicted octanol–water partition coefficient (Wildman–Crippen LogP) is 3.49. The second-order valence-corrected chi connectivity index (χ2v) is 12.5. The molecule has 2 unspecified atom stereocenters. The van der Waals surface area contributed by atoms with E-state index >= 15 is 0 Å². The van der Waals surface area contributed by atoms with Gasteiger partial charge in [-0.1, -0.05) is 30.3 Å². The van der Waals surface area contributed by atoms with Crippen molar-refractivity contribution in [3.63, 3.8) is 0 Å². The van der Waals surface area contributed by atoms with E-state index in [-0.39, 0.29) is 18.4 Å². The summed E-state index contributed by atoms with van der Waals surface area (Å²) < 4.78 is 27.8. The quantitative estimate of drug-likeness (QED) is 0.666. The number of likely N-dealkylation sites (tertiary alicyclic amines) is 1. The summed E-state index contributed by atoms with van der Waals surface area (Å²) in [4.78, 5) is 16.3. The van der Waals surface area contributed by atoms with Crippen molar-refractivity contribution in [2.24, 2.45) is 11.8 Å². The zero-order valence-corrected chi connectivity index (χ0v) is 20.3. The standard InChI is InChI=1S/C24H33N3O3S2/c1-19-11-12-23(31-19)32(29,30)27-14-6-10-22(18-27)24(28)25-15-21-9-5-13-26(17-21)16-20-7-3-2-4-8-20/h2-4,7-8,11-12,21-22H,5-6,9-10,13-18H2,1H3,(H,25,28). The van der Waals surface area contributed by atoms with E-state index in [9.17, 15) is 13.2 Å². The zero-order chi connectivity index (χ0) is 22.6. The lowest BCUT2D eigenvalue weighted by atomic mass is 9.95. The van der Waals surface area contributed by atoms with Gasteiger partial charge in [-0.2, -0.15) is 4.31 Å². The Kier molecular flexibility index (Phi) is 7.66. The van der Waals surface area contributed by atoms with Gasteiger partial charge in [0.25, 0.3) is 10.0 Å². The molecule has 1 aromatic carbocycles. The number of nitrogens with one attached hydrogen (secondary N) is 1. The summed E-state index contributed by atoms with van der Waals surface area (Å²) in [6, 6.07) is 14.0. The number of hydrogen-bond acceptors (Lipinski definition) is 5. The summed E-state index contributed by atoms with van der Waals surface area (Å²) in [5.74, 6) is 0.157. The van der Waals surface area contributed by atoms with E-state index in [1.54, 1.807) is 6.07 Å². The van der Waals surface area contributed by atoms with Crippen LogP contribution in [-0.2, 0) is 21.4 Å². The normalized spacial score (nSPS) is 23.2. The summed E-state index contributed by atoms with van der Waals surface area (Å²) in [6.45, 7) is 6.36. The number of sulfonamides is 1. The molecular formula is C24H33N3O3S2. The number of rotatable bonds is 7. The van der Waals surface area contributed by atoms with Gasteiger partial charge in [-0.15, -0.1) is 11.3 Å². The first-order valence-corrected chi connectivity index (χ1v) is 13.8. The summed E-state index contributed by atoms with van der Waals surface area (Å²) in [7, 11) is -3.51. The molecule has 1 aromatic heterocycles. The van der Waals surface area contributed by atoms with Crippen LogP contribution in [0.4, 0.5) is 0 Å². The van der Waals surface area contributed by atoms with E-state index in [2.05, 4.69) is 34.5 Å². The van der Waals surface area contributed by atoms with Gasteiger partial charge in [0.15, 0.2) is 0 Å². The van der Waals surface area contributed by atoms with Crippen LogP contribution in [0.3, 0.4) is 0 Å². The number of thiophene rings is 1. The summed E-state index contributed by atoms with van der Waals surface area (Å²) in [6.07, 6.45) is 3.72. The molecule has 1 N–H and O–H groups in total. The number of aryl methyl sites for hydroxylation is 1. The Morgan fingerprint density at radius 1 is 1.06 bits per heavy atom. The number of benzene rings is 1. The van der Waals surface area contributed by atoms with Crippen molar-refractivity contribution in [2.75, 3.05) is 32.7 Å². The summed E-state index contributed by atoms with van der Waals surface area (Å²) in [5.41, 5.74) is 1.32. The molecule has 0 bridgehead atoms. The topological polar surface area (TPSA) is 69.7 Å². The third-order valence-electron chi connectivity index (χ3n) is 6.48. The fourth-order valence-electron chi connectivity index (χ4n) is 4.75. The number of nitrogens with zero attached hydrogens (tertiary/aromatic N) is 2. The highest BCUT2D eigenvalue weighted by Crippen LogP contribution is 2.28. The minimum absolute atomic E-state index is 0.00700. The van der Waals surface area contributed by atoms with E-state index < -0.39 is 10.0 Å². The number of amides is 1. The molecule has 2 saturated heterocycles. The van der Waals surface area contributed by atoms with Crippen LogP contribution < -0.4 is 5.32 Å². The van der Waals surface area contributed by atoms with Crippen molar-refractivity contribution in [3.8, 4) is 0 Å². The first-order chi connectivity index (χ1) is 15.4. The summed E-state index contributed by atoms with van der Waals surface area (Å²) in [5, 5.41) is 3.14. The Morgan fingerprint density at radius 3 is 2.59 bits per heavy atom. The molecule has 6 nitrogen and oxygen atoms in total. The van der Waals surface area contributed by atoms with E-state index in [0.29, 0.717) is 23.2 Å². The molecule has 32 heavy (non-hydrogen) atoms. The third-order valence-corrected chi connectivity index (χ3v) is 9.82. The SMILES string of the molecule is Cc1ccc(S(=O)(=O)N2CCCC(C(=O)NCC3CCCN(Cc4ccccc4)C3)C2)s1. The Balaban J connectivity index is 1.28. The third kappa shape index (κ3) is 5.78. The molecule has 2 aliphatic heterocycles. The van der Waals surface area contributed by atoms with Crippen molar-refractivity contribution < 1.29 is 13.2 Å². The largest absolute Gasteiger partial charge is 0.355 e. The highest BCUT2D eigenvalue weighted by atomic mass is 32.2. The molecule has 2 fully saturated rings. The number of hydrogen-bond donors (Lipinski definition) is 1. The smallest absolute Gasteiger partial charge is 0.252 e. The molecule has 2 aliphatic rings. The van der Waals surface area contributed by atoms with Crippen LogP contribution in [0.15, 0.2) is 46.7 Å². The highest BCUT2D eigenvalue weighted by molar-refractivity contribution is 7.91. The van der Waals surface area contributed by atoms with Gasteiger partial charge in [0.2, 0.25) is 5.91 Å². The molecule has 1 amide bonds. The Hall–Kier alpha value is -1.74.